The van der Waals surface area contributed by atoms with Crippen LogP contribution in [0.2, 0.25) is 0 Å². The Morgan fingerprint density at radius 1 is 0.844 bits per heavy atom. The Bertz CT molecular complexity index is 998. The zero-order valence-corrected chi connectivity index (χ0v) is 17.4. The second kappa shape index (κ2) is 11.9. The van der Waals surface area contributed by atoms with Gasteiger partial charge in [0.05, 0.1) is 26.4 Å². The maximum atomic E-state index is 13.8. The van der Waals surface area contributed by atoms with Crippen molar-refractivity contribution in [1.82, 2.24) is 0 Å². The second-order valence-electron chi connectivity index (χ2n) is 6.15. The molecule has 0 fully saturated rings. The van der Waals surface area contributed by atoms with Crippen molar-refractivity contribution in [2.45, 2.75) is 11.5 Å². The first kappa shape index (κ1) is 25.7. The molecule has 0 unspecified atom stereocenters. The molecule has 0 saturated carbocycles. The average molecular weight is 479 g/mol. The Labute approximate surface area is 181 Å². The highest BCUT2D eigenvalue weighted by Gasteiger charge is 2.29. The van der Waals surface area contributed by atoms with Gasteiger partial charge in [0, 0.05) is 0 Å². The predicted octanol–water partition coefficient (Wildman–Crippen LogP) is 3.38. The third kappa shape index (κ3) is 7.00. The van der Waals surface area contributed by atoms with Crippen LogP contribution in [0.15, 0.2) is 35.7 Å². The molecular weight excluding hydrogens is 460 g/mol. The fraction of sp³-hybridized carbons (Fsp3) is 0.300. The number of halogens is 4. The Morgan fingerprint density at radius 2 is 1.41 bits per heavy atom. The van der Waals surface area contributed by atoms with Crippen LogP contribution in [0.1, 0.15) is 11.1 Å². The van der Waals surface area contributed by atoms with E-state index in [9.17, 15) is 30.5 Å². The quantitative estimate of drug-likeness (QED) is 0.143. The monoisotopic (exact) mass is 479 g/mol. The summed E-state index contributed by atoms with van der Waals surface area (Å²) in [5.41, 5.74) is 1.93. The van der Waals surface area contributed by atoms with Gasteiger partial charge < -0.3 is 23.5 Å². The Morgan fingerprint density at radius 3 is 1.97 bits per heavy atom. The molecule has 0 aromatic heterocycles. The molecule has 0 spiro atoms. The summed E-state index contributed by atoms with van der Waals surface area (Å²) in [5, 5.41) is 0. The number of hydrogen-bond acceptors (Lipinski definition) is 7. The Balaban J connectivity index is 1.66. The molecule has 0 aliphatic rings. The highest BCUT2D eigenvalue weighted by atomic mass is 32.2. The molecule has 0 radical (unpaired) electrons. The molecule has 2 aromatic rings. The highest BCUT2D eigenvalue weighted by Crippen LogP contribution is 2.32. The van der Waals surface area contributed by atoms with Crippen LogP contribution in [0.4, 0.5) is 17.6 Å². The molecule has 2 rings (SSSR count). The largest absolute Gasteiger partial charge is 0.744 e. The molecule has 32 heavy (non-hydrogen) atoms. The standard InChI is InChI=1S/C20H20F4O7S/c1-2-13-3-5-14(6-4-13)11-30-12-29-8-7-28-9-10-31-19-15(21)17(23)20(32(25,26)27)18(24)16(19)22/h2-6H,1,7-12H2,(H,25,26,27)/p-1. The first-order valence-corrected chi connectivity index (χ1v) is 10.5. The van der Waals surface area contributed by atoms with Gasteiger partial charge in [0.1, 0.15) is 28.4 Å². The van der Waals surface area contributed by atoms with Crippen molar-refractivity contribution >= 4 is 16.2 Å². The van der Waals surface area contributed by atoms with E-state index in [1.807, 2.05) is 24.3 Å². The van der Waals surface area contributed by atoms with Gasteiger partial charge in [-0.25, -0.2) is 17.2 Å². The van der Waals surface area contributed by atoms with E-state index in [2.05, 4.69) is 11.3 Å². The van der Waals surface area contributed by atoms with Gasteiger partial charge in [-0.05, 0) is 11.1 Å². The molecule has 0 bridgehead atoms. The molecule has 0 aliphatic heterocycles. The van der Waals surface area contributed by atoms with Crippen LogP contribution in [-0.4, -0.2) is 46.2 Å². The van der Waals surface area contributed by atoms with Gasteiger partial charge in [-0.3, -0.25) is 0 Å². The first-order valence-electron chi connectivity index (χ1n) is 9.06. The zero-order valence-electron chi connectivity index (χ0n) is 16.6. The van der Waals surface area contributed by atoms with E-state index >= 15 is 0 Å². The fourth-order valence-electron chi connectivity index (χ4n) is 2.39. The van der Waals surface area contributed by atoms with E-state index in [0.29, 0.717) is 6.61 Å². The van der Waals surface area contributed by atoms with Crippen molar-refractivity contribution < 1.29 is 49.5 Å². The van der Waals surface area contributed by atoms with Crippen LogP contribution >= 0.6 is 0 Å². The maximum Gasteiger partial charge on any atom is 0.205 e. The van der Waals surface area contributed by atoms with E-state index in [-0.39, 0.29) is 26.6 Å². The Kier molecular flexibility index (Phi) is 9.60. The van der Waals surface area contributed by atoms with E-state index in [4.69, 9.17) is 14.2 Å². The van der Waals surface area contributed by atoms with Crippen LogP contribution in [0.5, 0.6) is 5.75 Å². The number of benzene rings is 2. The van der Waals surface area contributed by atoms with Gasteiger partial charge in [0.2, 0.25) is 11.6 Å². The molecule has 0 aliphatic carbocycles. The van der Waals surface area contributed by atoms with Crippen molar-refractivity contribution in [1.29, 1.82) is 0 Å². The van der Waals surface area contributed by atoms with Crippen LogP contribution in [0, 0.1) is 23.3 Å². The lowest BCUT2D eigenvalue weighted by molar-refractivity contribution is -0.0769. The van der Waals surface area contributed by atoms with Crippen molar-refractivity contribution in [3.8, 4) is 5.75 Å². The number of ether oxygens (including phenoxy) is 4. The molecule has 0 amide bonds. The van der Waals surface area contributed by atoms with Gasteiger partial charge in [-0.1, -0.05) is 36.9 Å². The molecular formula is C20H19F4O7S-. The van der Waals surface area contributed by atoms with Crippen LogP contribution in [0.25, 0.3) is 6.08 Å². The third-order valence-electron chi connectivity index (χ3n) is 3.93. The van der Waals surface area contributed by atoms with Gasteiger partial charge in [0.15, 0.2) is 17.4 Å². The predicted molar refractivity (Wildman–Crippen MR) is 103 cm³/mol. The van der Waals surface area contributed by atoms with Crippen LogP contribution < -0.4 is 4.74 Å². The minimum atomic E-state index is -5.77. The summed E-state index contributed by atoms with van der Waals surface area (Å²) in [5.74, 6) is -10.5. The molecule has 2 aromatic carbocycles. The average Bonchev–Trinajstić information content (AvgIpc) is 2.75. The normalized spacial score (nSPS) is 11.5. The van der Waals surface area contributed by atoms with Gasteiger partial charge in [-0.2, -0.15) is 8.78 Å². The van der Waals surface area contributed by atoms with E-state index in [1.54, 1.807) is 6.08 Å². The second-order valence-corrected chi connectivity index (χ2v) is 7.47. The minimum absolute atomic E-state index is 0.00693. The minimum Gasteiger partial charge on any atom is -0.744 e. The third-order valence-corrected chi connectivity index (χ3v) is 4.79. The zero-order chi connectivity index (χ0) is 23.7. The maximum absolute atomic E-state index is 13.8. The molecule has 7 nitrogen and oxygen atoms in total. The van der Waals surface area contributed by atoms with Gasteiger partial charge in [0.25, 0.3) is 0 Å². The summed E-state index contributed by atoms with van der Waals surface area (Å²) in [4.78, 5) is -2.25. The van der Waals surface area contributed by atoms with Crippen LogP contribution in [-0.2, 0) is 30.9 Å². The summed E-state index contributed by atoms with van der Waals surface area (Å²) in [7, 11) is -5.77. The van der Waals surface area contributed by atoms with E-state index < -0.39 is 50.6 Å². The fourth-order valence-corrected chi connectivity index (χ4v) is 3.01. The molecule has 176 valence electrons. The van der Waals surface area contributed by atoms with Gasteiger partial charge in [-0.15, -0.1) is 0 Å². The summed E-state index contributed by atoms with van der Waals surface area (Å²) in [6.45, 7) is 3.42. The van der Waals surface area contributed by atoms with Crippen LogP contribution in [0.3, 0.4) is 0 Å². The van der Waals surface area contributed by atoms with Crippen molar-refractivity contribution in [3.05, 3.63) is 65.2 Å². The van der Waals surface area contributed by atoms with Crippen molar-refractivity contribution in [2.24, 2.45) is 0 Å². The molecule has 0 N–H and O–H groups in total. The SMILES string of the molecule is C=Cc1ccc(COCOCCOCCOc2c(F)c(F)c(S(=O)(=O)[O-])c(F)c2F)cc1. The van der Waals surface area contributed by atoms with E-state index in [0.717, 1.165) is 11.1 Å². The highest BCUT2D eigenvalue weighted by molar-refractivity contribution is 7.85. The lowest BCUT2D eigenvalue weighted by atomic mass is 10.1. The smallest absolute Gasteiger partial charge is 0.205 e. The lowest BCUT2D eigenvalue weighted by Crippen LogP contribution is -2.15. The lowest BCUT2D eigenvalue weighted by Gasteiger charge is -2.14. The topological polar surface area (TPSA) is 94.1 Å². The number of hydrogen-bond donors (Lipinski definition) is 0. The molecule has 0 atom stereocenters. The number of rotatable bonds is 13. The summed E-state index contributed by atoms with van der Waals surface area (Å²) in [6, 6.07) is 7.56. The van der Waals surface area contributed by atoms with Crippen molar-refractivity contribution in [2.75, 3.05) is 33.2 Å². The first-order chi connectivity index (χ1) is 15.2. The Hall–Kier alpha value is -2.51. The summed E-state index contributed by atoms with van der Waals surface area (Å²) in [6.07, 6.45) is 1.72. The van der Waals surface area contributed by atoms with E-state index in [1.165, 1.54) is 0 Å². The molecule has 12 heteroatoms. The summed E-state index contributed by atoms with van der Waals surface area (Å²) < 4.78 is 107. The summed E-state index contributed by atoms with van der Waals surface area (Å²) >= 11 is 0. The van der Waals surface area contributed by atoms with Gasteiger partial charge >= 0.3 is 0 Å². The molecule has 0 saturated heterocycles. The molecule has 0 heterocycles. The van der Waals surface area contributed by atoms with Crippen molar-refractivity contribution in [3.63, 3.8) is 0 Å².